The highest BCUT2D eigenvalue weighted by atomic mass is 16.5. The molecule has 0 saturated carbocycles. The number of hydrogen-bond acceptors (Lipinski definition) is 4. The van der Waals surface area contributed by atoms with E-state index in [4.69, 9.17) is 4.74 Å². The van der Waals surface area contributed by atoms with Crippen molar-refractivity contribution in [2.24, 2.45) is 0 Å². The van der Waals surface area contributed by atoms with Crippen LogP contribution in [0.5, 0.6) is 0 Å². The van der Waals surface area contributed by atoms with Crippen molar-refractivity contribution in [2.75, 3.05) is 29.9 Å². The monoisotopic (exact) mass is 263 g/mol. The highest BCUT2D eigenvalue weighted by Gasteiger charge is 2.17. The quantitative estimate of drug-likeness (QED) is 0.883. The summed E-state index contributed by atoms with van der Waals surface area (Å²) in [7, 11) is 0. The van der Waals surface area contributed by atoms with Gasteiger partial charge in [-0.2, -0.15) is 0 Å². The molecule has 104 valence electrons. The van der Waals surface area contributed by atoms with Crippen LogP contribution in [0.4, 0.5) is 11.5 Å². The number of carbonyl (C=O) groups is 1. The van der Waals surface area contributed by atoms with Crippen LogP contribution in [-0.2, 0) is 9.53 Å². The number of hydrogen-bond donors (Lipinski definition) is 1. The smallest absolute Gasteiger partial charge is 0.250 e. The molecule has 0 spiro atoms. The third-order valence-electron chi connectivity index (χ3n) is 3.01. The van der Waals surface area contributed by atoms with Crippen molar-refractivity contribution in [3.8, 4) is 0 Å². The van der Waals surface area contributed by atoms with Gasteiger partial charge in [0.05, 0.1) is 11.8 Å². The predicted molar refractivity (Wildman–Crippen MR) is 75.4 cm³/mol. The minimum atomic E-state index is -0.137. The molecule has 1 aromatic heterocycles. The van der Waals surface area contributed by atoms with Crippen LogP contribution < -0.4 is 10.2 Å². The van der Waals surface area contributed by atoms with Gasteiger partial charge in [-0.15, -0.1) is 0 Å². The summed E-state index contributed by atoms with van der Waals surface area (Å²) in [5.41, 5.74) is 0.766. The molecule has 0 aliphatic carbocycles. The van der Waals surface area contributed by atoms with Crippen LogP contribution in [-0.4, -0.2) is 36.7 Å². The van der Waals surface area contributed by atoms with Crippen LogP contribution in [0.3, 0.4) is 0 Å². The minimum absolute atomic E-state index is 0.0534. The van der Waals surface area contributed by atoms with E-state index >= 15 is 0 Å². The Morgan fingerprint density at radius 3 is 2.89 bits per heavy atom. The molecule has 2 rings (SSSR count). The van der Waals surface area contributed by atoms with Gasteiger partial charge in [0.15, 0.2) is 5.82 Å². The largest absolute Gasteiger partial charge is 0.369 e. The van der Waals surface area contributed by atoms with Crippen molar-refractivity contribution in [2.45, 2.75) is 32.8 Å². The van der Waals surface area contributed by atoms with Crippen LogP contribution in [0, 0.1) is 0 Å². The Balaban J connectivity index is 2.01. The summed E-state index contributed by atoms with van der Waals surface area (Å²) in [5, 5.41) is 2.87. The molecule has 1 amide bonds. The van der Waals surface area contributed by atoms with Crippen LogP contribution in [0.1, 0.15) is 26.7 Å². The first-order chi connectivity index (χ1) is 9.16. The number of aromatic nitrogens is 1. The van der Waals surface area contributed by atoms with Gasteiger partial charge >= 0.3 is 0 Å². The number of ether oxygens (including phenoxy) is 1. The zero-order chi connectivity index (χ0) is 13.7. The summed E-state index contributed by atoms with van der Waals surface area (Å²) in [6.07, 6.45) is 4.17. The van der Waals surface area contributed by atoms with E-state index in [9.17, 15) is 4.79 Å². The summed E-state index contributed by atoms with van der Waals surface area (Å²) in [6, 6.07) is 3.71. The number of anilines is 2. The highest BCUT2D eigenvalue weighted by molar-refractivity contribution is 5.94. The molecule has 1 N–H and O–H groups in total. The fourth-order valence-corrected chi connectivity index (χ4v) is 2.10. The van der Waals surface area contributed by atoms with E-state index in [2.05, 4.69) is 15.2 Å². The van der Waals surface area contributed by atoms with E-state index < -0.39 is 0 Å². The Labute approximate surface area is 114 Å². The summed E-state index contributed by atoms with van der Waals surface area (Å²) in [5.74, 6) is 0.722. The molecule has 2 heterocycles. The average molecular weight is 263 g/mol. The van der Waals surface area contributed by atoms with Crippen LogP contribution in [0.15, 0.2) is 18.3 Å². The zero-order valence-corrected chi connectivity index (χ0v) is 11.6. The zero-order valence-electron chi connectivity index (χ0n) is 11.6. The number of rotatable bonds is 5. The van der Waals surface area contributed by atoms with E-state index in [1.54, 1.807) is 6.20 Å². The maximum Gasteiger partial charge on any atom is 0.250 e. The Morgan fingerprint density at radius 2 is 2.21 bits per heavy atom. The summed E-state index contributed by atoms with van der Waals surface area (Å²) in [6.45, 7) is 5.90. The third kappa shape index (κ3) is 3.92. The topological polar surface area (TPSA) is 54.5 Å². The van der Waals surface area contributed by atoms with E-state index in [-0.39, 0.29) is 18.6 Å². The second kappa shape index (κ2) is 6.52. The first kappa shape index (κ1) is 13.8. The second-order valence-corrected chi connectivity index (χ2v) is 4.98. The van der Waals surface area contributed by atoms with Crippen LogP contribution >= 0.6 is 0 Å². The molecule has 5 nitrogen and oxygen atoms in total. The lowest BCUT2D eigenvalue weighted by Gasteiger charge is -2.20. The van der Waals surface area contributed by atoms with E-state index in [1.807, 2.05) is 26.0 Å². The van der Waals surface area contributed by atoms with Crippen molar-refractivity contribution in [3.63, 3.8) is 0 Å². The van der Waals surface area contributed by atoms with Crippen molar-refractivity contribution >= 4 is 17.4 Å². The van der Waals surface area contributed by atoms with Gasteiger partial charge in [0.1, 0.15) is 6.61 Å². The van der Waals surface area contributed by atoms with Gasteiger partial charge in [0.25, 0.3) is 0 Å². The third-order valence-corrected chi connectivity index (χ3v) is 3.01. The molecule has 1 aromatic rings. The van der Waals surface area contributed by atoms with Gasteiger partial charge in [-0.05, 0) is 38.8 Å². The van der Waals surface area contributed by atoms with Gasteiger partial charge in [0, 0.05) is 19.3 Å². The molecule has 0 radical (unpaired) electrons. The fourth-order valence-electron chi connectivity index (χ4n) is 2.10. The number of amides is 1. The number of nitrogens with one attached hydrogen (secondary N) is 1. The number of pyridine rings is 1. The summed E-state index contributed by atoms with van der Waals surface area (Å²) >= 11 is 0. The molecule has 0 aromatic carbocycles. The Bertz CT molecular complexity index is 428. The standard InChI is InChI=1S/C14H21N3O2/c1-11(2)19-10-13(18)16-12-6-5-7-15-14(12)17-8-3-4-9-17/h5-7,11H,3-4,8-10H2,1-2H3,(H,16,18). The number of nitrogens with zero attached hydrogens (tertiary/aromatic N) is 2. The molecule has 1 fully saturated rings. The van der Waals surface area contributed by atoms with Gasteiger partial charge in [-0.3, -0.25) is 4.79 Å². The maximum absolute atomic E-state index is 11.8. The predicted octanol–water partition coefficient (Wildman–Crippen LogP) is 2.05. The average Bonchev–Trinajstić information content (AvgIpc) is 2.91. The van der Waals surface area contributed by atoms with Gasteiger partial charge in [-0.25, -0.2) is 4.98 Å². The maximum atomic E-state index is 11.8. The number of carbonyl (C=O) groups excluding carboxylic acids is 1. The SMILES string of the molecule is CC(C)OCC(=O)Nc1cccnc1N1CCCC1. The second-order valence-electron chi connectivity index (χ2n) is 4.98. The summed E-state index contributed by atoms with van der Waals surface area (Å²) in [4.78, 5) is 18.4. The highest BCUT2D eigenvalue weighted by Crippen LogP contribution is 2.25. The van der Waals surface area contributed by atoms with Gasteiger partial charge < -0.3 is 15.0 Å². The minimum Gasteiger partial charge on any atom is -0.369 e. The normalized spacial score (nSPS) is 15.0. The molecule has 1 saturated heterocycles. The first-order valence-electron chi connectivity index (χ1n) is 6.78. The Kier molecular flexibility index (Phi) is 4.74. The molecule has 0 atom stereocenters. The van der Waals surface area contributed by atoms with Crippen LogP contribution in [0.2, 0.25) is 0 Å². The molecule has 0 unspecified atom stereocenters. The molecule has 19 heavy (non-hydrogen) atoms. The summed E-state index contributed by atoms with van der Waals surface area (Å²) < 4.78 is 5.30. The molecular formula is C14H21N3O2. The Hall–Kier alpha value is -1.62. The Morgan fingerprint density at radius 1 is 1.47 bits per heavy atom. The van der Waals surface area contributed by atoms with Crippen molar-refractivity contribution in [1.29, 1.82) is 0 Å². The van der Waals surface area contributed by atoms with E-state index in [0.29, 0.717) is 0 Å². The lowest BCUT2D eigenvalue weighted by Crippen LogP contribution is -2.24. The van der Waals surface area contributed by atoms with Gasteiger partial charge in [0.2, 0.25) is 5.91 Å². The van der Waals surface area contributed by atoms with Crippen molar-refractivity contribution < 1.29 is 9.53 Å². The molecular weight excluding hydrogens is 242 g/mol. The van der Waals surface area contributed by atoms with Crippen LogP contribution in [0.25, 0.3) is 0 Å². The molecule has 1 aliphatic rings. The van der Waals surface area contributed by atoms with Crippen molar-refractivity contribution in [1.82, 2.24) is 4.98 Å². The van der Waals surface area contributed by atoms with Crippen molar-refractivity contribution in [3.05, 3.63) is 18.3 Å². The van der Waals surface area contributed by atoms with E-state index in [1.165, 1.54) is 12.8 Å². The lowest BCUT2D eigenvalue weighted by atomic mass is 10.3. The molecule has 1 aliphatic heterocycles. The van der Waals surface area contributed by atoms with Gasteiger partial charge in [-0.1, -0.05) is 0 Å². The first-order valence-corrected chi connectivity index (χ1v) is 6.78. The molecule has 5 heteroatoms. The molecule has 0 bridgehead atoms. The lowest BCUT2D eigenvalue weighted by molar-refractivity contribution is -0.121. The fraction of sp³-hybridized carbons (Fsp3) is 0.571. The van der Waals surface area contributed by atoms with E-state index in [0.717, 1.165) is 24.6 Å².